The molecule has 0 aliphatic heterocycles. The molecule has 20 heavy (non-hydrogen) atoms. The third kappa shape index (κ3) is 4.30. The Labute approximate surface area is 121 Å². The van der Waals surface area contributed by atoms with E-state index >= 15 is 0 Å². The second-order valence-corrected chi connectivity index (χ2v) is 6.21. The molecule has 112 valence electrons. The predicted molar refractivity (Wildman–Crippen MR) is 83.5 cm³/mol. The molecule has 0 spiro atoms. The quantitative estimate of drug-likeness (QED) is 0.808. The largest absolute Gasteiger partial charge is 0.346 e. The van der Waals surface area contributed by atoms with Crippen molar-refractivity contribution >= 4 is 5.82 Å². The van der Waals surface area contributed by atoms with Crippen LogP contribution in [0.2, 0.25) is 0 Å². The molecule has 0 aliphatic carbocycles. The fourth-order valence-corrected chi connectivity index (χ4v) is 1.92. The number of pyridine rings is 1. The van der Waals surface area contributed by atoms with Crippen molar-refractivity contribution in [3.05, 3.63) is 36.3 Å². The van der Waals surface area contributed by atoms with Crippen molar-refractivity contribution in [3.63, 3.8) is 0 Å². The van der Waals surface area contributed by atoms with Gasteiger partial charge in [0.15, 0.2) is 11.6 Å². The second kappa shape index (κ2) is 6.84. The Morgan fingerprint density at radius 3 is 2.60 bits per heavy atom. The Bertz CT molecular complexity index is 450. The van der Waals surface area contributed by atoms with Gasteiger partial charge in [-0.2, -0.15) is 0 Å². The number of halogens is 1. The molecule has 1 heterocycles. The van der Waals surface area contributed by atoms with Crippen molar-refractivity contribution in [1.82, 2.24) is 10.3 Å². The summed E-state index contributed by atoms with van der Waals surface area (Å²) in [6.45, 7) is 15.0. The molecule has 4 heteroatoms. The van der Waals surface area contributed by atoms with Gasteiger partial charge in [0.2, 0.25) is 0 Å². The average molecular weight is 279 g/mol. The molecule has 0 saturated heterocycles. The number of aromatic nitrogens is 1. The Balaban J connectivity index is 3.10. The van der Waals surface area contributed by atoms with E-state index in [0.29, 0.717) is 30.5 Å². The van der Waals surface area contributed by atoms with Crippen LogP contribution in [-0.4, -0.2) is 23.1 Å². The highest BCUT2D eigenvalue weighted by molar-refractivity contribution is 5.46. The number of hydrogen-bond acceptors (Lipinski definition) is 3. The highest BCUT2D eigenvalue weighted by Crippen LogP contribution is 2.26. The van der Waals surface area contributed by atoms with Crippen LogP contribution >= 0.6 is 0 Å². The van der Waals surface area contributed by atoms with Gasteiger partial charge in [-0.1, -0.05) is 19.9 Å². The lowest BCUT2D eigenvalue weighted by Crippen LogP contribution is -2.42. The van der Waals surface area contributed by atoms with E-state index in [1.807, 2.05) is 39.5 Å². The Hall–Kier alpha value is -1.42. The van der Waals surface area contributed by atoms with Crippen molar-refractivity contribution in [3.8, 4) is 0 Å². The number of nitrogens with zero attached hydrogens (tertiary/aromatic N) is 2. The summed E-state index contributed by atoms with van der Waals surface area (Å²) in [7, 11) is 0. The molecule has 3 nitrogen and oxygen atoms in total. The molecule has 0 radical (unpaired) electrons. The summed E-state index contributed by atoms with van der Waals surface area (Å²) >= 11 is 0. The van der Waals surface area contributed by atoms with Gasteiger partial charge in [0, 0.05) is 36.4 Å². The molecule has 0 unspecified atom stereocenters. The molecule has 0 aliphatic rings. The van der Waals surface area contributed by atoms with E-state index < -0.39 is 0 Å². The number of nitrogens with one attached hydrogen (secondary N) is 1. The van der Waals surface area contributed by atoms with Crippen molar-refractivity contribution in [1.29, 1.82) is 0 Å². The maximum absolute atomic E-state index is 14.6. The van der Waals surface area contributed by atoms with E-state index in [2.05, 4.69) is 16.9 Å². The van der Waals surface area contributed by atoms with E-state index in [-0.39, 0.29) is 11.4 Å². The van der Waals surface area contributed by atoms with Crippen molar-refractivity contribution in [2.75, 3.05) is 11.4 Å². The monoisotopic (exact) mass is 279 g/mol. The van der Waals surface area contributed by atoms with Crippen LogP contribution in [0.4, 0.5) is 10.2 Å². The first-order valence-electron chi connectivity index (χ1n) is 7.02. The third-order valence-electron chi connectivity index (χ3n) is 3.03. The molecule has 1 aromatic heterocycles. The van der Waals surface area contributed by atoms with Crippen LogP contribution in [0.25, 0.3) is 0 Å². The summed E-state index contributed by atoms with van der Waals surface area (Å²) < 4.78 is 14.6. The molecule has 0 fully saturated rings. The number of anilines is 1. The fourth-order valence-electron chi connectivity index (χ4n) is 1.92. The molecule has 1 rings (SSSR count). The summed E-state index contributed by atoms with van der Waals surface area (Å²) in [6, 6.07) is 2.04. The highest BCUT2D eigenvalue weighted by Gasteiger charge is 2.25. The smallest absolute Gasteiger partial charge is 0.170 e. The van der Waals surface area contributed by atoms with E-state index in [1.165, 1.54) is 0 Å². The molecular weight excluding hydrogens is 253 g/mol. The zero-order valence-corrected chi connectivity index (χ0v) is 13.2. The molecule has 1 aromatic rings. The van der Waals surface area contributed by atoms with Crippen LogP contribution in [0.5, 0.6) is 0 Å². The molecule has 0 saturated carbocycles. The zero-order valence-electron chi connectivity index (χ0n) is 13.2. The van der Waals surface area contributed by atoms with Crippen LogP contribution in [-0.2, 0) is 6.54 Å². The van der Waals surface area contributed by atoms with Gasteiger partial charge in [0.05, 0.1) is 0 Å². The van der Waals surface area contributed by atoms with E-state index in [0.717, 1.165) is 0 Å². The van der Waals surface area contributed by atoms with Crippen LogP contribution in [0.3, 0.4) is 0 Å². The minimum absolute atomic E-state index is 0.216. The van der Waals surface area contributed by atoms with Crippen LogP contribution < -0.4 is 10.2 Å². The molecule has 0 bridgehead atoms. The summed E-state index contributed by atoms with van der Waals surface area (Å²) in [5, 5.41) is 3.23. The fraction of sp³-hybridized carbons (Fsp3) is 0.562. The molecule has 0 atom stereocenters. The lowest BCUT2D eigenvalue weighted by molar-refractivity contribution is 0.493. The predicted octanol–water partition coefficient (Wildman–Crippen LogP) is 3.51. The normalized spacial score (nSPS) is 11.8. The first-order chi connectivity index (χ1) is 9.27. The Morgan fingerprint density at radius 2 is 2.10 bits per heavy atom. The van der Waals surface area contributed by atoms with Crippen LogP contribution in [0.15, 0.2) is 24.9 Å². The Kier molecular flexibility index (Phi) is 5.69. The van der Waals surface area contributed by atoms with E-state index in [4.69, 9.17) is 0 Å². The van der Waals surface area contributed by atoms with E-state index in [1.54, 1.807) is 18.3 Å². The number of rotatable bonds is 6. The number of hydrogen-bond donors (Lipinski definition) is 1. The average Bonchev–Trinajstić information content (AvgIpc) is 2.34. The van der Waals surface area contributed by atoms with Gasteiger partial charge in [-0.05, 0) is 26.8 Å². The molecule has 0 amide bonds. The van der Waals surface area contributed by atoms with Crippen LogP contribution in [0, 0.1) is 5.82 Å². The SMILES string of the molecule is C=CCN(c1nccc(CNC(C)C)c1F)C(C)(C)C. The van der Waals surface area contributed by atoms with E-state index in [9.17, 15) is 4.39 Å². The molecule has 1 N–H and O–H groups in total. The maximum Gasteiger partial charge on any atom is 0.170 e. The topological polar surface area (TPSA) is 28.2 Å². The lowest BCUT2D eigenvalue weighted by atomic mass is 10.1. The van der Waals surface area contributed by atoms with Gasteiger partial charge >= 0.3 is 0 Å². The van der Waals surface area contributed by atoms with Gasteiger partial charge in [-0.15, -0.1) is 6.58 Å². The van der Waals surface area contributed by atoms with Gasteiger partial charge in [0.1, 0.15) is 0 Å². The second-order valence-electron chi connectivity index (χ2n) is 6.21. The first kappa shape index (κ1) is 16.6. The van der Waals surface area contributed by atoms with Crippen LogP contribution in [0.1, 0.15) is 40.2 Å². The zero-order chi connectivity index (χ0) is 15.3. The maximum atomic E-state index is 14.6. The van der Waals surface area contributed by atoms with Gasteiger partial charge in [0.25, 0.3) is 0 Å². The lowest BCUT2D eigenvalue weighted by Gasteiger charge is -2.36. The molecular formula is C16H26FN3. The minimum atomic E-state index is -0.252. The summed E-state index contributed by atoms with van der Waals surface area (Å²) in [6.07, 6.45) is 3.43. The Morgan fingerprint density at radius 1 is 1.45 bits per heavy atom. The standard InChI is InChI=1S/C16H26FN3/c1-7-10-20(16(4,5)6)15-14(17)13(8-9-18-15)11-19-12(2)3/h7-9,12,19H,1,10-11H2,2-6H3. The van der Waals surface area contributed by atoms with Crippen molar-refractivity contribution in [2.24, 2.45) is 0 Å². The summed E-state index contributed by atoms with van der Waals surface area (Å²) in [5.41, 5.74) is 0.425. The van der Waals surface area contributed by atoms with Crippen molar-refractivity contribution in [2.45, 2.75) is 52.7 Å². The summed E-state index contributed by atoms with van der Waals surface area (Å²) in [5.74, 6) is 0.137. The minimum Gasteiger partial charge on any atom is -0.346 e. The van der Waals surface area contributed by atoms with Gasteiger partial charge < -0.3 is 10.2 Å². The first-order valence-corrected chi connectivity index (χ1v) is 7.02. The van der Waals surface area contributed by atoms with Crippen molar-refractivity contribution < 1.29 is 4.39 Å². The highest BCUT2D eigenvalue weighted by atomic mass is 19.1. The third-order valence-corrected chi connectivity index (χ3v) is 3.03. The van der Waals surface area contributed by atoms with Gasteiger partial charge in [-0.3, -0.25) is 0 Å². The molecule has 0 aromatic carbocycles. The summed E-state index contributed by atoms with van der Waals surface area (Å²) in [4.78, 5) is 6.15. The van der Waals surface area contributed by atoms with Gasteiger partial charge in [-0.25, -0.2) is 9.37 Å².